The van der Waals surface area contributed by atoms with Gasteiger partial charge in [0.2, 0.25) is 0 Å². The second-order valence-corrected chi connectivity index (χ2v) is 4.11. The Kier molecular flexibility index (Phi) is 3.09. The second-order valence-electron chi connectivity index (χ2n) is 4.11. The number of rotatable bonds is 2. The number of nitriles is 1. The number of hydrogen-bond donors (Lipinski definition) is 0. The van der Waals surface area contributed by atoms with Crippen LogP contribution in [0.5, 0.6) is 0 Å². The van der Waals surface area contributed by atoms with Gasteiger partial charge in [-0.25, -0.2) is 0 Å². The van der Waals surface area contributed by atoms with Crippen molar-refractivity contribution in [1.82, 2.24) is 9.78 Å². The zero-order chi connectivity index (χ0) is 12.5. The molecule has 1 aliphatic rings. The highest BCUT2D eigenvalue weighted by molar-refractivity contribution is 5.30. The molecule has 1 aromatic heterocycles. The molecule has 2 rings (SSSR count). The largest absolute Gasteiger partial charge is 0.435 e. The second kappa shape index (κ2) is 4.40. The summed E-state index contributed by atoms with van der Waals surface area (Å²) in [6.07, 6.45) is -1.46. The summed E-state index contributed by atoms with van der Waals surface area (Å²) in [4.78, 5) is 0. The summed E-state index contributed by atoms with van der Waals surface area (Å²) in [5.74, 6) is 0. The van der Waals surface area contributed by atoms with Crippen LogP contribution in [0.15, 0.2) is 0 Å². The first kappa shape index (κ1) is 12.0. The quantitative estimate of drug-likeness (QED) is 0.801. The maximum Gasteiger partial charge on any atom is 0.435 e. The van der Waals surface area contributed by atoms with Crippen molar-refractivity contribution in [2.75, 3.05) is 0 Å². The lowest BCUT2D eigenvalue weighted by Gasteiger charge is -2.14. The van der Waals surface area contributed by atoms with E-state index in [9.17, 15) is 13.2 Å². The third kappa shape index (κ3) is 2.28. The van der Waals surface area contributed by atoms with Crippen LogP contribution in [0.2, 0.25) is 0 Å². The SMILES string of the molecule is N#CCCn1nc(C(F)(F)F)c2c1CCCC2. The van der Waals surface area contributed by atoms with Crippen molar-refractivity contribution in [3.63, 3.8) is 0 Å². The molecular weight excluding hydrogens is 231 g/mol. The van der Waals surface area contributed by atoms with Crippen molar-refractivity contribution in [3.05, 3.63) is 17.0 Å². The van der Waals surface area contributed by atoms with Crippen LogP contribution in [0, 0.1) is 11.3 Å². The third-order valence-corrected chi connectivity index (χ3v) is 2.96. The van der Waals surface area contributed by atoms with E-state index in [0.29, 0.717) is 24.1 Å². The van der Waals surface area contributed by atoms with E-state index in [0.717, 1.165) is 12.8 Å². The normalized spacial score (nSPS) is 15.4. The van der Waals surface area contributed by atoms with Gasteiger partial charge in [-0.05, 0) is 25.7 Å². The van der Waals surface area contributed by atoms with E-state index in [1.54, 1.807) is 0 Å². The fraction of sp³-hybridized carbons (Fsp3) is 0.636. The van der Waals surface area contributed by atoms with Gasteiger partial charge in [0.15, 0.2) is 5.69 Å². The van der Waals surface area contributed by atoms with Crippen molar-refractivity contribution < 1.29 is 13.2 Å². The number of halogens is 3. The highest BCUT2D eigenvalue weighted by atomic mass is 19.4. The number of aryl methyl sites for hydroxylation is 1. The molecule has 0 N–H and O–H groups in total. The average Bonchev–Trinajstić information content (AvgIpc) is 2.65. The smallest absolute Gasteiger partial charge is 0.268 e. The Balaban J connectivity index is 2.41. The summed E-state index contributed by atoms with van der Waals surface area (Å²) in [5.41, 5.74) is 0.241. The van der Waals surface area contributed by atoms with Gasteiger partial charge in [0.25, 0.3) is 0 Å². The van der Waals surface area contributed by atoms with Crippen LogP contribution in [0.4, 0.5) is 13.2 Å². The number of aromatic nitrogens is 2. The van der Waals surface area contributed by atoms with Gasteiger partial charge >= 0.3 is 6.18 Å². The Hall–Kier alpha value is -1.51. The molecule has 92 valence electrons. The Bertz CT molecular complexity index is 454. The monoisotopic (exact) mass is 243 g/mol. The van der Waals surface area contributed by atoms with Crippen LogP contribution in [0.1, 0.15) is 36.2 Å². The van der Waals surface area contributed by atoms with E-state index >= 15 is 0 Å². The highest BCUT2D eigenvalue weighted by Gasteiger charge is 2.39. The summed E-state index contributed by atoms with van der Waals surface area (Å²) >= 11 is 0. The fourth-order valence-electron chi connectivity index (χ4n) is 2.24. The third-order valence-electron chi connectivity index (χ3n) is 2.96. The Labute approximate surface area is 96.8 Å². The zero-order valence-corrected chi connectivity index (χ0v) is 9.22. The minimum atomic E-state index is -4.39. The molecule has 0 unspecified atom stereocenters. The van der Waals surface area contributed by atoms with Gasteiger partial charge < -0.3 is 0 Å². The number of hydrogen-bond acceptors (Lipinski definition) is 2. The van der Waals surface area contributed by atoms with E-state index < -0.39 is 11.9 Å². The first-order valence-corrected chi connectivity index (χ1v) is 5.56. The van der Waals surface area contributed by atoms with Crippen LogP contribution in [0.25, 0.3) is 0 Å². The van der Waals surface area contributed by atoms with Gasteiger partial charge in [0.1, 0.15) is 0 Å². The lowest BCUT2D eigenvalue weighted by atomic mass is 9.95. The van der Waals surface area contributed by atoms with Crippen molar-refractivity contribution >= 4 is 0 Å². The molecule has 0 aromatic carbocycles. The van der Waals surface area contributed by atoms with Crippen molar-refractivity contribution in [2.24, 2.45) is 0 Å². The van der Waals surface area contributed by atoms with Gasteiger partial charge in [0.05, 0.1) is 19.0 Å². The minimum absolute atomic E-state index is 0.186. The van der Waals surface area contributed by atoms with Crippen LogP contribution >= 0.6 is 0 Å². The topological polar surface area (TPSA) is 41.6 Å². The predicted molar refractivity (Wildman–Crippen MR) is 54.1 cm³/mol. The molecule has 0 amide bonds. The van der Waals surface area contributed by atoms with Crippen molar-refractivity contribution in [2.45, 2.75) is 44.8 Å². The predicted octanol–water partition coefficient (Wildman–Crippen LogP) is 2.69. The maximum absolute atomic E-state index is 12.8. The molecule has 3 nitrogen and oxygen atoms in total. The molecule has 1 heterocycles. The number of fused-ring (bicyclic) bond motifs is 1. The van der Waals surface area contributed by atoms with Gasteiger partial charge in [-0.15, -0.1) is 0 Å². The number of alkyl halides is 3. The molecular formula is C11H12F3N3. The molecule has 0 spiro atoms. The van der Waals surface area contributed by atoms with Crippen LogP contribution in [-0.4, -0.2) is 9.78 Å². The Morgan fingerprint density at radius 1 is 1.29 bits per heavy atom. The van der Waals surface area contributed by atoms with Crippen LogP contribution in [0.3, 0.4) is 0 Å². The summed E-state index contributed by atoms with van der Waals surface area (Å²) in [7, 11) is 0. The molecule has 1 aliphatic carbocycles. The Morgan fingerprint density at radius 2 is 2.00 bits per heavy atom. The van der Waals surface area contributed by atoms with Crippen molar-refractivity contribution in [1.29, 1.82) is 5.26 Å². The molecule has 0 radical (unpaired) electrons. The van der Waals surface area contributed by atoms with Gasteiger partial charge in [-0.2, -0.15) is 23.5 Å². The van der Waals surface area contributed by atoms with E-state index in [4.69, 9.17) is 5.26 Å². The standard InChI is InChI=1S/C11H12F3N3/c12-11(13,14)10-8-4-1-2-5-9(8)17(16-10)7-3-6-15/h1-5,7H2. The summed E-state index contributed by atoms with van der Waals surface area (Å²) in [6.45, 7) is 0.245. The van der Waals surface area contributed by atoms with Gasteiger partial charge in [0, 0.05) is 11.3 Å². The molecule has 0 bridgehead atoms. The van der Waals surface area contributed by atoms with Gasteiger partial charge in [-0.1, -0.05) is 0 Å². The number of nitrogens with zero attached hydrogens (tertiary/aromatic N) is 3. The van der Waals surface area contributed by atoms with Gasteiger partial charge in [-0.3, -0.25) is 4.68 Å². The molecule has 0 saturated heterocycles. The van der Waals surface area contributed by atoms with Crippen LogP contribution < -0.4 is 0 Å². The van der Waals surface area contributed by atoms with E-state index in [-0.39, 0.29) is 13.0 Å². The van der Waals surface area contributed by atoms with E-state index in [1.165, 1.54) is 4.68 Å². The summed E-state index contributed by atoms with van der Waals surface area (Å²) in [5, 5.41) is 12.1. The molecule has 0 atom stereocenters. The lowest BCUT2D eigenvalue weighted by Crippen LogP contribution is -2.11. The minimum Gasteiger partial charge on any atom is -0.268 e. The Morgan fingerprint density at radius 3 is 2.65 bits per heavy atom. The zero-order valence-electron chi connectivity index (χ0n) is 9.22. The average molecular weight is 243 g/mol. The molecule has 1 aromatic rings. The fourth-order valence-corrected chi connectivity index (χ4v) is 2.24. The van der Waals surface area contributed by atoms with Crippen LogP contribution in [-0.2, 0) is 25.6 Å². The molecule has 0 fully saturated rings. The highest BCUT2D eigenvalue weighted by Crippen LogP contribution is 2.35. The van der Waals surface area contributed by atoms with E-state index in [1.807, 2.05) is 6.07 Å². The molecule has 0 saturated carbocycles. The molecule has 6 heteroatoms. The summed E-state index contributed by atoms with van der Waals surface area (Å²) < 4.78 is 39.7. The summed E-state index contributed by atoms with van der Waals surface area (Å²) in [6, 6.07) is 1.93. The van der Waals surface area contributed by atoms with E-state index in [2.05, 4.69) is 5.10 Å². The maximum atomic E-state index is 12.8. The first-order chi connectivity index (χ1) is 8.04. The molecule has 17 heavy (non-hydrogen) atoms. The first-order valence-electron chi connectivity index (χ1n) is 5.56. The lowest BCUT2D eigenvalue weighted by molar-refractivity contribution is -0.142. The van der Waals surface area contributed by atoms with Crippen molar-refractivity contribution in [3.8, 4) is 6.07 Å². The molecule has 0 aliphatic heterocycles.